The summed E-state index contributed by atoms with van der Waals surface area (Å²) in [5.74, 6) is 2.56. The second-order valence-corrected chi connectivity index (χ2v) is 6.39. The Balaban J connectivity index is 2.25. The monoisotopic (exact) mass is 333 g/mol. The number of aliphatic imine (C=N–C) groups is 1. The van der Waals surface area contributed by atoms with E-state index in [0.29, 0.717) is 0 Å². The Labute approximate surface area is 146 Å². The van der Waals surface area contributed by atoms with E-state index in [0.717, 1.165) is 56.4 Å². The van der Waals surface area contributed by atoms with Crippen LogP contribution in [0.25, 0.3) is 0 Å². The average molecular weight is 333 g/mol. The van der Waals surface area contributed by atoms with Gasteiger partial charge in [0.05, 0.1) is 14.2 Å². The van der Waals surface area contributed by atoms with Crippen LogP contribution in [0.4, 0.5) is 0 Å². The summed E-state index contributed by atoms with van der Waals surface area (Å²) in [4.78, 5) is 6.83. The Bertz CT molecular complexity index is 568. The van der Waals surface area contributed by atoms with Crippen molar-refractivity contribution >= 4 is 5.96 Å². The third-order valence-corrected chi connectivity index (χ3v) is 5.21. The number of nitrogens with zero attached hydrogens (tertiary/aromatic N) is 2. The highest BCUT2D eigenvalue weighted by atomic mass is 16.5. The summed E-state index contributed by atoms with van der Waals surface area (Å²) >= 11 is 0. The average Bonchev–Trinajstić information content (AvgIpc) is 2.64. The first kappa shape index (κ1) is 18.4. The van der Waals surface area contributed by atoms with E-state index < -0.39 is 0 Å². The van der Waals surface area contributed by atoms with E-state index in [9.17, 15) is 0 Å². The number of methoxy groups -OCH3 is 2. The maximum atomic E-state index is 5.50. The molecule has 0 aromatic heterocycles. The second kappa shape index (κ2) is 8.27. The maximum absolute atomic E-state index is 5.50. The predicted octanol–water partition coefficient (Wildman–Crippen LogP) is 3.04. The number of guanidine groups is 1. The van der Waals surface area contributed by atoms with Crippen LogP contribution in [-0.4, -0.2) is 51.8 Å². The quantitative estimate of drug-likeness (QED) is 0.833. The highest BCUT2D eigenvalue weighted by Gasteiger charge is 2.30. The van der Waals surface area contributed by atoms with Crippen molar-refractivity contribution in [2.24, 2.45) is 4.99 Å². The van der Waals surface area contributed by atoms with Gasteiger partial charge in [-0.3, -0.25) is 4.99 Å². The molecule has 0 bridgehead atoms. The normalized spacial score (nSPS) is 15.0. The van der Waals surface area contributed by atoms with Crippen molar-refractivity contribution in [2.75, 3.05) is 40.9 Å². The number of nitrogens with one attached hydrogen (secondary N) is 1. The number of hydrogen-bond acceptors (Lipinski definition) is 5. The molecule has 1 heterocycles. The molecule has 0 amide bonds. The second-order valence-electron chi connectivity index (χ2n) is 6.39. The molecule has 0 fully saturated rings. The molecule has 2 rings (SSSR count). The lowest BCUT2D eigenvalue weighted by Crippen LogP contribution is -2.47. The SMILES string of the molecule is CCC(CC)(CNC1=NCCCN1C)c1ccc(OC)c(OC)c1. The van der Waals surface area contributed by atoms with E-state index in [-0.39, 0.29) is 5.41 Å². The third-order valence-electron chi connectivity index (χ3n) is 5.21. The lowest BCUT2D eigenvalue weighted by Gasteiger charge is -2.35. The van der Waals surface area contributed by atoms with Gasteiger partial charge in [-0.15, -0.1) is 0 Å². The van der Waals surface area contributed by atoms with E-state index in [1.54, 1.807) is 14.2 Å². The molecule has 1 aromatic rings. The standard InChI is InChI=1S/C19H31N3O2/c1-6-19(7-2,14-21-18-20-11-8-12-22(18)3)15-9-10-16(23-4)17(13-15)24-5/h9-10,13H,6-8,11-12,14H2,1-5H3,(H,20,21). The summed E-state index contributed by atoms with van der Waals surface area (Å²) in [6.07, 6.45) is 3.22. The van der Waals surface area contributed by atoms with Gasteiger partial charge < -0.3 is 19.7 Å². The van der Waals surface area contributed by atoms with Gasteiger partial charge in [0.2, 0.25) is 0 Å². The van der Waals surface area contributed by atoms with Gasteiger partial charge in [-0.25, -0.2) is 0 Å². The van der Waals surface area contributed by atoms with Crippen LogP contribution in [0.3, 0.4) is 0 Å². The van der Waals surface area contributed by atoms with Gasteiger partial charge >= 0.3 is 0 Å². The van der Waals surface area contributed by atoms with Crippen LogP contribution in [0.2, 0.25) is 0 Å². The number of hydrogen-bond donors (Lipinski definition) is 1. The molecule has 5 heteroatoms. The molecule has 1 aromatic carbocycles. The van der Waals surface area contributed by atoms with Gasteiger partial charge in [0.25, 0.3) is 0 Å². The molecule has 24 heavy (non-hydrogen) atoms. The summed E-state index contributed by atoms with van der Waals surface area (Å²) in [5.41, 5.74) is 1.32. The Morgan fingerprint density at radius 2 is 1.88 bits per heavy atom. The maximum Gasteiger partial charge on any atom is 0.193 e. The molecule has 0 aliphatic carbocycles. The lowest BCUT2D eigenvalue weighted by molar-refractivity contribution is 0.346. The first-order chi connectivity index (χ1) is 11.6. The van der Waals surface area contributed by atoms with Crippen molar-refractivity contribution in [1.29, 1.82) is 0 Å². The Hall–Kier alpha value is -1.91. The van der Waals surface area contributed by atoms with Crippen molar-refractivity contribution < 1.29 is 9.47 Å². The van der Waals surface area contributed by atoms with Gasteiger partial charge in [0.15, 0.2) is 17.5 Å². The van der Waals surface area contributed by atoms with Gasteiger partial charge in [-0.05, 0) is 37.0 Å². The van der Waals surface area contributed by atoms with Crippen LogP contribution in [0.1, 0.15) is 38.7 Å². The molecule has 1 aliphatic rings. The minimum atomic E-state index is 0.0420. The van der Waals surface area contributed by atoms with E-state index in [1.165, 1.54) is 5.56 Å². The smallest absolute Gasteiger partial charge is 0.193 e. The molecular weight excluding hydrogens is 302 g/mol. The summed E-state index contributed by atoms with van der Waals surface area (Å²) in [7, 11) is 5.45. The van der Waals surface area contributed by atoms with Gasteiger partial charge in [0.1, 0.15) is 0 Å². The molecule has 0 saturated carbocycles. The molecule has 0 atom stereocenters. The Morgan fingerprint density at radius 1 is 1.17 bits per heavy atom. The van der Waals surface area contributed by atoms with Crippen LogP contribution < -0.4 is 14.8 Å². The van der Waals surface area contributed by atoms with Crippen LogP contribution in [0, 0.1) is 0 Å². The first-order valence-corrected chi connectivity index (χ1v) is 8.82. The third kappa shape index (κ3) is 3.77. The summed E-state index contributed by atoms with van der Waals surface area (Å²) in [6, 6.07) is 6.26. The Morgan fingerprint density at radius 3 is 2.46 bits per heavy atom. The van der Waals surface area contributed by atoms with Crippen LogP contribution in [0.15, 0.2) is 23.2 Å². The van der Waals surface area contributed by atoms with E-state index in [2.05, 4.69) is 48.2 Å². The van der Waals surface area contributed by atoms with Crippen LogP contribution >= 0.6 is 0 Å². The highest BCUT2D eigenvalue weighted by Crippen LogP contribution is 2.37. The van der Waals surface area contributed by atoms with Crippen molar-refractivity contribution in [3.05, 3.63) is 23.8 Å². The van der Waals surface area contributed by atoms with E-state index in [4.69, 9.17) is 9.47 Å². The van der Waals surface area contributed by atoms with Gasteiger partial charge in [-0.2, -0.15) is 0 Å². The molecule has 0 unspecified atom stereocenters. The van der Waals surface area contributed by atoms with Crippen molar-refractivity contribution in [2.45, 2.75) is 38.5 Å². The largest absolute Gasteiger partial charge is 0.493 e. The molecule has 0 radical (unpaired) electrons. The van der Waals surface area contributed by atoms with Gasteiger partial charge in [-0.1, -0.05) is 19.9 Å². The number of ether oxygens (including phenoxy) is 2. The minimum absolute atomic E-state index is 0.0420. The molecule has 0 saturated heterocycles. The van der Waals surface area contributed by atoms with Crippen LogP contribution in [0.5, 0.6) is 11.5 Å². The first-order valence-electron chi connectivity index (χ1n) is 8.82. The zero-order valence-electron chi connectivity index (χ0n) is 15.7. The molecule has 0 spiro atoms. The van der Waals surface area contributed by atoms with Gasteiger partial charge in [0, 0.05) is 32.1 Å². The Kier molecular flexibility index (Phi) is 6.35. The molecule has 1 aliphatic heterocycles. The zero-order valence-corrected chi connectivity index (χ0v) is 15.7. The zero-order chi connectivity index (χ0) is 17.6. The van der Waals surface area contributed by atoms with Crippen molar-refractivity contribution in [3.8, 4) is 11.5 Å². The fourth-order valence-corrected chi connectivity index (χ4v) is 3.33. The fourth-order valence-electron chi connectivity index (χ4n) is 3.33. The topological polar surface area (TPSA) is 46.1 Å². The van der Waals surface area contributed by atoms with E-state index >= 15 is 0 Å². The summed E-state index contributed by atoms with van der Waals surface area (Å²) < 4.78 is 10.9. The van der Waals surface area contributed by atoms with E-state index in [1.807, 2.05) is 6.07 Å². The fraction of sp³-hybridized carbons (Fsp3) is 0.632. The lowest BCUT2D eigenvalue weighted by atomic mass is 9.75. The molecular formula is C19H31N3O2. The molecule has 1 N–H and O–H groups in total. The number of benzene rings is 1. The van der Waals surface area contributed by atoms with Crippen LogP contribution in [-0.2, 0) is 5.41 Å². The minimum Gasteiger partial charge on any atom is -0.493 e. The highest BCUT2D eigenvalue weighted by molar-refractivity contribution is 5.80. The summed E-state index contributed by atoms with van der Waals surface area (Å²) in [5, 5.41) is 3.58. The molecule has 5 nitrogen and oxygen atoms in total. The summed E-state index contributed by atoms with van der Waals surface area (Å²) in [6.45, 7) is 7.32. The predicted molar refractivity (Wildman–Crippen MR) is 99.4 cm³/mol. The number of rotatable bonds is 7. The molecule has 134 valence electrons. The van der Waals surface area contributed by atoms with Crippen molar-refractivity contribution in [3.63, 3.8) is 0 Å². The van der Waals surface area contributed by atoms with Crippen molar-refractivity contribution in [1.82, 2.24) is 10.2 Å².